The smallest absolute Gasteiger partial charge is 0.313 e. The van der Waals surface area contributed by atoms with Crippen LogP contribution < -0.4 is 9.62 Å². The molecule has 0 unspecified atom stereocenters. The summed E-state index contributed by atoms with van der Waals surface area (Å²) in [5.41, 5.74) is -0.0362. The normalized spacial score (nSPS) is 11.7. The molecule has 0 saturated carbocycles. The van der Waals surface area contributed by atoms with Crippen LogP contribution in [0, 0.1) is 18.3 Å². The zero-order chi connectivity index (χ0) is 25.3. The van der Waals surface area contributed by atoms with E-state index < -0.39 is 27.7 Å². The van der Waals surface area contributed by atoms with Gasteiger partial charge in [0.05, 0.1) is 30.0 Å². The van der Waals surface area contributed by atoms with Crippen LogP contribution >= 0.6 is 22.9 Å². The van der Waals surface area contributed by atoms with Crippen LogP contribution in [0.2, 0.25) is 5.02 Å². The molecule has 0 radical (unpaired) electrons. The van der Waals surface area contributed by atoms with E-state index in [0.29, 0.717) is 16.1 Å². The molecule has 1 amide bonds. The summed E-state index contributed by atoms with van der Waals surface area (Å²) in [5.74, 6) is -0.931. The van der Waals surface area contributed by atoms with E-state index in [4.69, 9.17) is 16.9 Å². The van der Waals surface area contributed by atoms with E-state index in [-0.39, 0.29) is 28.0 Å². The second kappa shape index (κ2) is 9.61. The highest BCUT2D eigenvalue weighted by Gasteiger charge is 2.31. The Balaban J connectivity index is 2.09. The Hall–Kier alpha value is -3.14. The number of sulfonamides is 1. The molecule has 7 nitrogen and oxygen atoms in total. The first-order valence-corrected chi connectivity index (χ1v) is 12.5. The van der Waals surface area contributed by atoms with Crippen molar-refractivity contribution >= 4 is 49.7 Å². The molecule has 0 fully saturated rings. The number of carbonyl (C=O) groups excluding carboxylic acids is 1. The molecular formula is C21H16ClF3N4O3S2. The molecule has 3 aromatic rings. The van der Waals surface area contributed by atoms with Gasteiger partial charge in [-0.05, 0) is 55.0 Å². The topological polar surface area (TPSA) is 103 Å². The maximum atomic E-state index is 13.3. The van der Waals surface area contributed by atoms with Crippen molar-refractivity contribution < 1.29 is 26.4 Å². The van der Waals surface area contributed by atoms with Gasteiger partial charge in [-0.1, -0.05) is 11.6 Å². The summed E-state index contributed by atoms with van der Waals surface area (Å²) in [6.45, 7) is 1.42. The number of hydrogen-bond donors (Lipinski definition) is 1. The van der Waals surface area contributed by atoms with Gasteiger partial charge in [0.1, 0.15) is 5.69 Å². The van der Waals surface area contributed by atoms with Crippen molar-refractivity contribution in [1.29, 1.82) is 5.26 Å². The van der Waals surface area contributed by atoms with Crippen molar-refractivity contribution in [1.82, 2.24) is 9.71 Å². The number of benzene rings is 2. The molecule has 0 saturated heterocycles. The van der Waals surface area contributed by atoms with Crippen LogP contribution in [-0.2, 0) is 22.7 Å². The molecule has 0 atom stereocenters. The third-order valence-electron chi connectivity index (χ3n) is 4.52. The number of nitrogens with one attached hydrogen (secondary N) is 1. The Morgan fingerprint density at radius 1 is 1.24 bits per heavy atom. The monoisotopic (exact) mass is 528 g/mol. The lowest BCUT2D eigenvalue weighted by Crippen LogP contribution is -2.30. The largest absolute Gasteiger partial charge is 0.416 e. The number of hydrogen-bond acceptors (Lipinski definition) is 7. The Morgan fingerprint density at radius 2 is 1.88 bits per heavy atom. The van der Waals surface area contributed by atoms with Crippen molar-refractivity contribution in [2.24, 2.45) is 0 Å². The van der Waals surface area contributed by atoms with Gasteiger partial charge in [0.25, 0.3) is 5.91 Å². The highest BCUT2D eigenvalue weighted by Crippen LogP contribution is 2.36. The Labute approximate surface area is 202 Å². The molecule has 13 heteroatoms. The number of nitrogens with zero attached hydrogens (tertiary/aromatic N) is 3. The third kappa shape index (κ3) is 6.05. The molecule has 1 aromatic heterocycles. The van der Waals surface area contributed by atoms with Crippen molar-refractivity contribution in [3.05, 3.63) is 74.7 Å². The molecule has 0 aliphatic heterocycles. The maximum absolute atomic E-state index is 13.3. The van der Waals surface area contributed by atoms with Crippen molar-refractivity contribution in [2.45, 2.75) is 19.6 Å². The average Bonchev–Trinajstić information content (AvgIpc) is 3.12. The van der Waals surface area contributed by atoms with Gasteiger partial charge in [-0.3, -0.25) is 4.79 Å². The second-order valence-electron chi connectivity index (χ2n) is 7.15. The molecule has 2 aromatic carbocycles. The van der Waals surface area contributed by atoms with Crippen molar-refractivity contribution in [3.63, 3.8) is 0 Å². The summed E-state index contributed by atoms with van der Waals surface area (Å²) in [6, 6.07) is 11.1. The molecule has 34 heavy (non-hydrogen) atoms. The van der Waals surface area contributed by atoms with Crippen molar-refractivity contribution in [3.8, 4) is 6.07 Å². The summed E-state index contributed by atoms with van der Waals surface area (Å²) >= 11 is 7.23. The van der Waals surface area contributed by atoms with Gasteiger partial charge in [0.2, 0.25) is 10.0 Å². The van der Waals surface area contributed by atoms with E-state index in [1.807, 2.05) is 10.8 Å². The van der Waals surface area contributed by atoms with Crippen LogP contribution in [0.4, 0.5) is 24.0 Å². The fraction of sp³-hybridized carbons (Fsp3) is 0.190. The van der Waals surface area contributed by atoms with Gasteiger partial charge >= 0.3 is 6.18 Å². The van der Waals surface area contributed by atoms with Gasteiger partial charge in [-0.15, -0.1) is 11.3 Å². The lowest BCUT2D eigenvalue weighted by atomic mass is 10.1. The van der Waals surface area contributed by atoms with Gasteiger partial charge in [0.15, 0.2) is 5.13 Å². The van der Waals surface area contributed by atoms with Crippen LogP contribution in [0.25, 0.3) is 0 Å². The Morgan fingerprint density at radius 3 is 2.44 bits per heavy atom. The highest BCUT2D eigenvalue weighted by atomic mass is 35.5. The minimum Gasteiger partial charge on any atom is -0.313 e. The molecule has 0 spiro atoms. The quantitative estimate of drug-likeness (QED) is 0.481. The molecule has 0 aliphatic carbocycles. The number of halogens is 4. The third-order valence-corrected chi connectivity index (χ3v) is 6.44. The van der Waals surface area contributed by atoms with E-state index in [0.717, 1.165) is 35.8 Å². The number of amides is 1. The molecule has 0 aliphatic rings. The first kappa shape index (κ1) is 25.5. The fourth-order valence-corrected chi connectivity index (χ4v) is 4.49. The number of aryl methyl sites for hydroxylation is 1. The lowest BCUT2D eigenvalue weighted by Gasteiger charge is -2.23. The summed E-state index contributed by atoms with van der Waals surface area (Å²) in [4.78, 5) is 18.5. The molecule has 1 heterocycles. The SMILES string of the molecule is Cc1sc(N(Cc2cc(C(F)(F)F)ccc2Cl)c2ccc(C#N)cc2)nc1C(=O)NS(C)(=O)=O. The van der Waals surface area contributed by atoms with E-state index >= 15 is 0 Å². The molecular weight excluding hydrogens is 513 g/mol. The van der Waals surface area contributed by atoms with Gasteiger partial charge < -0.3 is 4.90 Å². The number of anilines is 2. The zero-order valence-corrected chi connectivity index (χ0v) is 20.0. The van der Waals surface area contributed by atoms with Gasteiger partial charge in [0, 0.05) is 15.6 Å². The van der Waals surface area contributed by atoms with Crippen LogP contribution in [0.15, 0.2) is 42.5 Å². The van der Waals surface area contributed by atoms with Gasteiger partial charge in [-0.25, -0.2) is 18.1 Å². The lowest BCUT2D eigenvalue weighted by molar-refractivity contribution is -0.137. The van der Waals surface area contributed by atoms with E-state index in [1.54, 1.807) is 19.1 Å². The van der Waals surface area contributed by atoms with Crippen LogP contribution in [-0.4, -0.2) is 25.6 Å². The fourth-order valence-electron chi connectivity index (χ4n) is 2.95. The maximum Gasteiger partial charge on any atom is 0.416 e. The van der Waals surface area contributed by atoms with Crippen molar-refractivity contribution in [2.75, 3.05) is 11.2 Å². The van der Waals surface area contributed by atoms with Gasteiger partial charge in [-0.2, -0.15) is 18.4 Å². The Kier molecular flexibility index (Phi) is 7.21. The Bertz CT molecular complexity index is 1380. The molecule has 1 N–H and O–H groups in total. The average molecular weight is 529 g/mol. The molecule has 0 bridgehead atoms. The summed E-state index contributed by atoms with van der Waals surface area (Å²) in [5, 5.41) is 9.37. The predicted molar refractivity (Wildman–Crippen MR) is 123 cm³/mol. The minimum atomic E-state index is -4.58. The predicted octanol–water partition coefficient (Wildman–Crippen LogP) is 5.02. The summed E-state index contributed by atoms with van der Waals surface area (Å²) in [7, 11) is -3.84. The van der Waals surface area contributed by atoms with E-state index in [9.17, 15) is 26.4 Å². The number of aromatic nitrogens is 1. The van der Waals surface area contributed by atoms with Crippen LogP contribution in [0.3, 0.4) is 0 Å². The van der Waals surface area contributed by atoms with Crippen LogP contribution in [0.1, 0.15) is 32.1 Å². The van der Waals surface area contributed by atoms with E-state index in [2.05, 4.69) is 4.98 Å². The second-order valence-corrected chi connectivity index (χ2v) is 10.5. The number of carbonyl (C=O) groups is 1. The number of thiazole rings is 1. The summed E-state index contributed by atoms with van der Waals surface area (Å²) in [6.07, 6.45) is -3.75. The number of alkyl halides is 3. The highest BCUT2D eigenvalue weighted by molar-refractivity contribution is 7.89. The zero-order valence-electron chi connectivity index (χ0n) is 17.6. The first-order valence-electron chi connectivity index (χ1n) is 9.41. The van der Waals surface area contributed by atoms with Crippen LogP contribution in [0.5, 0.6) is 0 Å². The van der Waals surface area contributed by atoms with E-state index in [1.165, 1.54) is 17.0 Å². The minimum absolute atomic E-state index is 0.0926. The molecule has 3 rings (SSSR count). The standard InChI is InChI=1S/C21H16ClF3N4O3S2/c1-12-18(19(30)28-34(2,31)32)27-20(33-12)29(16-6-3-13(10-26)4-7-16)11-14-9-15(21(23,24)25)5-8-17(14)22/h3-9H,11H2,1-2H3,(H,28,30). The molecule has 178 valence electrons. The number of rotatable bonds is 6. The first-order chi connectivity index (χ1) is 15.8. The summed E-state index contributed by atoms with van der Waals surface area (Å²) < 4.78 is 64.5. The number of nitriles is 1.